The van der Waals surface area contributed by atoms with E-state index in [1.54, 1.807) is 6.92 Å². The first-order valence-electron chi connectivity index (χ1n) is 10.5. The minimum absolute atomic E-state index is 0. The van der Waals surface area contributed by atoms with Gasteiger partial charge in [-0.15, -0.1) is 0 Å². The molecule has 0 aliphatic rings. The first kappa shape index (κ1) is 31.3. The van der Waals surface area contributed by atoms with Crippen molar-refractivity contribution in [2.24, 2.45) is 0 Å². The second-order valence-corrected chi connectivity index (χ2v) is 10.2. The van der Waals surface area contributed by atoms with E-state index in [0.29, 0.717) is 11.3 Å². The molecule has 0 fully saturated rings. The Morgan fingerprint density at radius 3 is 2.37 bits per heavy atom. The predicted molar refractivity (Wildman–Crippen MR) is 138 cm³/mol. The fourth-order valence-corrected chi connectivity index (χ4v) is 4.65. The van der Waals surface area contributed by atoms with Gasteiger partial charge in [0, 0.05) is 21.3 Å². The third kappa shape index (κ3) is 8.04. The molecule has 3 rings (SSSR count). The zero-order chi connectivity index (χ0) is 27.3. The number of amides is 2. The molecule has 0 spiro atoms. The van der Waals surface area contributed by atoms with Crippen LogP contribution >= 0.6 is 23.2 Å². The summed E-state index contributed by atoms with van der Waals surface area (Å²) in [6, 6.07) is 14.3. The van der Waals surface area contributed by atoms with Gasteiger partial charge in [-0.3, -0.25) is 9.59 Å². The second kappa shape index (κ2) is 13.2. The van der Waals surface area contributed by atoms with Crippen LogP contribution in [0.25, 0.3) is 4.72 Å². The Bertz CT molecular complexity index is 1570. The Kier molecular flexibility index (Phi) is 10.9. The van der Waals surface area contributed by atoms with Gasteiger partial charge in [0.1, 0.15) is 15.8 Å². The molecule has 0 aliphatic heterocycles. The van der Waals surface area contributed by atoms with Crippen LogP contribution in [0, 0.1) is 18.3 Å². The largest absolute Gasteiger partial charge is 1.00 e. The van der Waals surface area contributed by atoms with E-state index < -0.39 is 34.2 Å². The molecule has 0 saturated heterocycles. The molecular weight excluding hydrogens is 564 g/mol. The first-order chi connectivity index (χ1) is 17.4. The molecule has 3 aromatic carbocycles. The molecular formula is C25H18Cl2N3NaO6S. The number of sulfonamides is 1. The van der Waals surface area contributed by atoms with Crippen molar-refractivity contribution >= 4 is 56.5 Å². The van der Waals surface area contributed by atoms with Crippen LogP contribution in [0.3, 0.4) is 0 Å². The number of nitrogens with one attached hydrogen (secondary N) is 1. The second-order valence-electron chi connectivity index (χ2n) is 7.71. The molecule has 2 amide bonds. The van der Waals surface area contributed by atoms with E-state index >= 15 is 0 Å². The number of anilines is 1. The van der Waals surface area contributed by atoms with Gasteiger partial charge in [0.25, 0.3) is 5.91 Å². The average molecular weight is 582 g/mol. The normalized spacial score (nSPS) is 10.5. The van der Waals surface area contributed by atoms with Gasteiger partial charge in [0.05, 0.1) is 28.0 Å². The maximum absolute atomic E-state index is 13.1. The Morgan fingerprint density at radius 2 is 1.74 bits per heavy atom. The van der Waals surface area contributed by atoms with Gasteiger partial charge >= 0.3 is 29.6 Å². The number of ketones is 1. The molecule has 38 heavy (non-hydrogen) atoms. The molecule has 0 bridgehead atoms. The van der Waals surface area contributed by atoms with Gasteiger partial charge in [-0.25, -0.2) is 8.42 Å². The van der Waals surface area contributed by atoms with Crippen molar-refractivity contribution in [3.63, 3.8) is 0 Å². The summed E-state index contributed by atoms with van der Waals surface area (Å²) in [5.74, 6) is -1.88. The van der Waals surface area contributed by atoms with E-state index in [-0.39, 0.29) is 66.9 Å². The number of nitrogens with zero attached hydrogens (tertiary/aromatic N) is 2. The summed E-state index contributed by atoms with van der Waals surface area (Å²) >= 11 is 12.1. The first-order valence-corrected chi connectivity index (χ1v) is 12.7. The number of hydrogen-bond donors (Lipinski definition) is 1. The number of hydrogen-bond acceptors (Lipinski definition) is 7. The molecule has 0 radical (unpaired) electrons. The molecule has 0 saturated carbocycles. The van der Waals surface area contributed by atoms with Crippen molar-refractivity contribution in [2.75, 3.05) is 11.9 Å². The number of halogens is 2. The fraction of sp³-hybridized carbons (Fsp3) is 0.120. The molecule has 1 N–H and O–H groups in total. The molecule has 0 atom stereocenters. The maximum Gasteiger partial charge on any atom is 1.00 e. The quantitative estimate of drug-likeness (QED) is 0.316. The number of aryl methyl sites for hydroxylation is 1. The zero-order valence-corrected chi connectivity index (χ0v) is 24.7. The van der Waals surface area contributed by atoms with Crippen LogP contribution in [-0.2, 0) is 19.6 Å². The van der Waals surface area contributed by atoms with Crippen LogP contribution in [-0.4, -0.2) is 32.6 Å². The standard InChI is InChI=1S/C25H19Cl2N3O6S.Na/c1-14-7-20(37(34,35)30-15(2)31)4-5-22(14)29-24(32)13-36-23-6-3-18(26)11-21(23)25(33)17-8-16(12-28)9-19(27)10-17;/h3-11H,13H2,1-2H3,(H2,29,30,31,32);/q;+1/p-1. The van der Waals surface area contributed by atoms with Gasteiger partial charge < -0.3 is 19.6 Å². The van der Waals surface area contributed by atoms with Crippen molar-refractivity contribution in [2.45, 2.75) is 18.7 Å². The molecule has 0 aromatic heterocycles. The minimum atomic E-state index is -4.15. The van der Waals surface area contributed by atoms with Crippen LogP contribution in [0.2, 0.25) is 10.0 Å². The Labute approximate surface area is 251 Å². The molecule has 9 nitrogen and oxygen atoms in total. The summed E-state index contributed by atoms with van der Waals surface area (Å²) < 4.78 is 32.9. The van der Waals surface area contributed by atoms with Gasteiger partial charge in [0.15, 0.2) is 12.4 Å². The minimum Gasteiger partial charge on any atom is -0.542 e. The number of ether oxygens (including phenoxy) is 1. The predicted octanol–water partition coefficient (Wildman–Crippen LogP) is 2.03. The molecule has 0 heterocycles. The van der Waals surface area contributed by atoms with Crippen molar-refractivity contribution < 1.29 is 57.1 Å². The van der Waals surface area contributed by atoms with Crippen LogP contribution in [0.1, 0.15) is 34.0 Å². The summed E-state index contributed by atoms with van der Waals surface area (Å²) in [5.41, 5.74) is 1.12. The van der Waals surface area contributed by atoms with Crippen LogP contribution < -0.4 is 39.6 Å². The van der Waals surface area contributed by atoms with Crippen LogP contribution in [0.4, 0.5) is 5.69 Å². The van der Waals surface area contributed by atoms with Gasteiger partial charge in [-0.2, -0.15) is 5.26 Å². The molecule has 0 unspecified atom stereocenters. The molecule has 0 aliphatic carbocycles. The Balaban J connectivity index is 0.00000507. The van der Waals surface area contributed by atoms with Gasteiger partial charge in [-0.05, 0) is 74.0 Å². The molecule has 190 valence electrons. The SMILES string of the molecule is CC(=O)[N-]S(=O)(=O)c1ccc(NC(=O)COc2ccc(Cl)cc2C(=O)c2cc(Cl)cc(C#N)c2)c(C)c1.[Na+]. The number of nitriles is 1. The third-order valence-corrected chi connectivity index (χ3v) is 6.65. The van der Waals surface area contributed by atoms with Crippen molar-refractivity contribution in [3.8, 4) is 11.8 Å². The summed E-state index contributed by atoms with van der Waals surface area (Å²) in [5, 5.41) is 12.2. The van der Waals surface area contributed by atoms with E-state index in [9.17, 15) is 22.8 Å². The average Bonchev–Trinajstić information content (AvgIpc) is 2.82. The number of carbonyl (C=O) groups excluding carboxylic acids is 3. The number of benzene rings is 3. The van der Waals surface area contributed by atoms with Crippen molar-refractivity contribution in [1.29, 1.82) is 5.26 Å². The number of rotatable bonds is 8. The molecule has 3 aromatic rings. The summed E-state index contributed by atoms with van der Waals surface area (Å²) in [6.45, 7) is 2.11. The van der Waals surface area contributed by atoms with Crippen molar-refractivity contribution in [1.82, 2.24) is 0 Å². The zero-order valence-electron chi connectivity index (χ0n) is 20.4. The molecule has 13 heteroatoms. The van der Waals surface area contributed by atoms with E-state index in [1.165, 1.54) is 54.6 Å². The van der Waals surface area contributed by atoms with Crippen LogP contribution in [0.5, 0.6) is 5.75 Å². The summed E-state index contributed by atoms with van der Waals surface area (Å²) in [7, 11) is -4.15. The Hall–Kier alpha value is -2.91. The smallest absolute Gasteiger partial charge is 0.542 e. The maximum atomic E-state index is 13.1. The van der Waals surface area contributed by atoms with Gasteiger partial charge in [0.2, 0.25) is 0 Å². The van der Waals surface area contributed by atoms with E-state index in [0.717, 1.165) is 6.92 Å². The summed E-state index contributed by atoms with van der Waals surface area (Å²) in [6.07, 6.45) is 0. The van der Waals surface area contributed by atoms with Crippen molar-refractivity contribution in [3.05, 3.63) is 91.6 Å². The van der Waals surface area contributed by atoms with E-state index in [1.807, 2.05) is 6.07 Å². The number of carbonyl (C=O) groups is 3. The fourth-order valence-electron chi connectivity index (χ4n) is 3.23. The van der Waals surface area contributed by atoms with Gasteiger partial charge in [-0.1, -0.05) is 23.2 Å². The topological polar surface area (TPSA) is 144 Å². The van der Waals surface area contributed by atoms with E-state index in [2.05, 4.69) is 10.0 Å². The van der Waals surface area contributed by atoms with E-state index in [4.69, 9.17) is 33.2 Å². The monoisotopic (exact) mass is 581 g/mol. The third-order valence-electron chi connectivity index (χ3n) is 4.85. The Morgan fingerprint density at radius 1 is 1.03 bits per heavy atom. The van der Waals surface area contributed by atoms with Crippen LogP contribution in [0.15, 0.2) is 59.5 Å². The summed E-state index contributed by atoms with van der Waals surface area (Å²) in [4.78, 5) is 36.5.